The van der Waals surface area contributed by atoms with E-state index in [1.165, 1.54) is 6.92 Å². The van der Waals surface area contributed by atoms with E-state index in [1.807, 2.05) is 0 Å². The highest BCUT2D eigenvalue weighted by atomic mass is 16.7. The molecule has 2 saturated heterocycles. The van der Waals surface area contributed by atoms with Crippen molar-refractivity contribution >= 4 is 5.91 Å². The topological polar surface area (TPSA) is 204 Å². The maximum Gasteiger partial charge on any atom is 0.217 e. The molecule has 2 aliphatic heterocycles. The van der Waals surface area contributed by atoms with E-state index in [1.54, 1.807) is 0 Å². The summed E-state index contributed by atoms with van der Waals surface area (Å²) in [6, 6.07) is -2.45. The number of amides is 1. The number of ether oxygens (including phenoxy) is 3. The van der Waals surface area contributed by atoms with Crippen molar-refractivity contribution < 1.29 is 49.6 Å². The van der Waals surface area contributed by atoms with Crippen molar-refractivity contribution in [2.75, 3.05) is 13.2 Å². The molecule has 0 aromatic carbocycles. The lowest BCUT2D eigenvalue weighted by Crippen LogP contribution is -2.68. The summed E-state index contributed by atoms with van der Waals surface area (Å²) in [7, 11) is 0. The first-order valence-electron chi connectivity index (χ1n) is 8.14. The Balaban J connectivity index is 2.16. The average Bonchev–Trinajstić information content (AvgIpc) is 2.60. The molecule has 0 radical (unpaired) electrons. The minimum atomic E-state index is -1.60. The Morgan fingerprint density at radius 1 is 1.04 bits per heavy atom. The molecule has 2 aliphatic rings. The highest BCUT2D eigenvalue weighted by Crippen LogP contribution is 2.28. The Bertz CT molecular complexity index is 481. The van der Waals surface area contributed by atoms with Gasteiger partial charge in [-0.1, -0.05) is 0 Å². The Morgan fingerprint density at radius 3 is 2.19 bits per heavy atom. The van der Waals surface area contributed by atoms with Crippen LogP contribution in [0.3, 0.4) is 0 Å². The normalized spacial score (nSPS) is 46.8. The molecule has 12 heteroatoms. The third-order valence-corrected chi connectivity index (χ3v) is 4.47. The fourth-order valence-electron chi connectivity index (χ4n) is 3.02. The van der Waals surface area contributed by atoms with Gasteiger partial charge in [0.2, 0.25) is 5.91 Å². The molecule has 2 fully saturated rings. The van der Waals surface area contributed by atoms with E-state index in [2.05, 4.69) is 5.32 Å². The summed E-state index contributed by atoms with van der Waals surface area (Å²) >= 11 is 0. The van der Waals surface area contributed by atoms with Crippen LogP contribution in [0.5, 0.6) is 0 Å². The van der Waals surface area contributed by atoms with Gasteiger partial charge in [-0.15, -0.1) is 0 Å². The lowest BCUT2D eigenvalue weighted by atomic mass is 9.95. The van der Waals surface area contributed by atoms with Gasteiger partial charge in [-0.25, -0.2) is 0 Å². The summed E-state index contributed by atoms with van der Waals surface area (Å²) in [5.74, 6) is -0.544. The van der Waals surface area contributed by atoms with E-state index in [-0.39, 0.29) is 0 Å². The molecule has 0 bridgehead atoms. The van der Waals surface area contributed by atoms with Crippen molar-refractivity contribution in [3.8, 4) is 0 Å². The summed E-state index contributed by atoms with van der Waals surface area (Å²) in [5, 5.41) is 61.3. The zero-order chi connectivity index (χ0) is 19.6. The first-order chi connectivity index (χ1) is 12.2. The molecule has 0 aliphatic carbocycles. The standard InChI is InChI=1S/C14H26N2O10/c1-4(19)16-8-11(22)12(6(3-18)24-13(8)23)26-14-10(21)7(15)9(20)5(2-17)25-14/h5-14,17-18,20-23H,2-3,15H2,1H3,(H,16,19). The van der Waals surface area contributed by atoms with Crippen LogP contribution in [-0.4, -0.2) is 111 Å². The molecule has 1 amide bonds. The summed E-state index contributed by atoms with van der Waals surface area (Å²) in [6.45, 7) is -0.0674. The van der Waals surface area contributed by atoms with Crippen molar-refractivity contribution in [1.82, 2.24) is 5.32 Å². The zero-order valence-corrected chi connectivity index (χ0v) is 14.1. The maximum atomic E-state index is 11.2. The molecule has 26 heavy (non-hydrogen) atoms. The number of hydrogen-bond acceptors (Lipinski definition) is 11. The Hall–Kier alpha value is -0.930. The number of nitrogens with one attached hydrogen (secondary N) is 1. The van der Waals surface area contributed by atoms with Gasteiger partial charge in [-0.3, -0.25) is 4.79 Å². The van der Waals surface area contributed by atoms with Gasteiger partial charge in [0, 0.05) is 6.92 Å². The van der Waals surface area contributed by atoms with E-state index in [9.17, 15) is 35.4 Å². The molecule has 0 aromatic heterocycles. The first kappa shape index (κ1) is 21.4. The van der Waals surface area contributed by atoms with Gasteiger partial charge in [0.25, 0.3) is 0 Å². The van der Waals surface area contributed by atoms with Crippen LogP contribution in [0.25, 0.3) is 0 Å². The number of rotatable bonds is 5. The average molecular weight is 382 g/mol. The summed E-state index contributed by atoms with van der Waals surface area (Å²) in [5.41, 5.74) is 5.69. The van der Waals surface area contributed by atoms with Crippen LogP contribution in [-0.2, 0) is 19.0 Å². The van der Waals surface area contributed by atoms with Crippen LogP contribution in [0.1, 0.15) is 6.92 Å². The summed E-state index contributed by atoms with van der Waals surface area (Å²) in [4.78, 5) is 11.2. The SMILES string of the molecule is CC(=O)NC1C(O)OC(CO)C(OC2OC(CO)C(O)C(N)C2O)C1O. The van der Waals surface area contributed by atoms with Gasteiger partial charge in [0.15, 0.2) is 12.6 Å². The van der Waals surface area contributed by atoms with Gasteiger partial charge in [0.1, 0.15) is 42.7 Å². The predicted molar refractivity (Wildman–Crippen MR) is 82.2 cm³/mol. The van der Waals surface area contributed by atoms with E-state index < -0.39 is 80.4 Å². The number of hydrogen-bond donors (Lipinski definition) is 8. The van der Waals surface area contributed by atoms with E-state index in [0.717, 1.165) is 0 Å². The van der Waals surface area contributed by atoms with Crippen molar-refractivity contribution in [2.45, 2.75) is 68.2 Å². The second-order valence-electron chi connectivity index (χ2n) is 6.35. The quantitative estimate of drug-likeness (QED) is 0.225. The van der Waals surface area contributed by atoms with Gasteiger partial charge in [0.05, 0.1) is 19.3 Å². The maximum absolute atomic E-state index is 11.2. The molecule has 0 saturated carbocycles. The lowest BCUT2D eigenvalue weighted by Gasteiger charge is -2.46. The molecule has 12 nitrogen and oxygen atoms in total. The minimum Gasteiger partial charge on any atom is -0.394 e. The summed E-state index contributed by atoms with van der Waals surface area (Å²) in [6.07, 6.45) is -11.1. The number of aliphatic hydroxyl groups excluding tert-OH is 6. The largest absolute Gasteiger partial charge is 0.394 e. The second kappa shape index (κ2) is 8.84. The van der Waals surface area contributed by atoms with Crippen LogP contribution in [0.4, 0.5) is 0 Å². The molecule has 2 rings (SSSR count). The van der Waals surface area contributed by atoms with Crippen molar-refractivity contribution in [3.63, 3.8) is 0 Å². The molecule has 10 atom stereocenters. The number of nitrogens with two attached hydrogens (primary N) is 1. The van der Waals surface area contributed by atoms with Crippen molar-refractivity contribution in [1.29, 1.82) is 0 Å². The zero-order valence-electron chi connectivity index (χ0n) is 14.1. The molecule has 0 spiro atoms. The fourth-order valence-corrected chi connectivity index (χ4v) is 3.02. The number of carbonyl (C=O) groups is 1. The van der Waals surface area contributed by atoms with Crippen LogP contribution >= 0.6 is 0 Å². The molecule has 10 unspecified atom stereocenters. The second-order valence-corrected chi connectivity index (χ2v) is 6.35. The highest BCUT2D eigenvalue weighted by Gasteiger charge is 2.50. The van der Waals surface area contributed by atoms with E-state index >= 15 is 0 Å². The molecule has 9 N–H and O–H groups in total. The van der Waals surface area contributed by atoms with Gasteiger partial charge in [-0.2, -0.15) is 0 Å². The Kier molecular flexibility index (Phi) is 7.27. The smallest absolute Gasteiger partial charge is 0.217 e. The summed E-state index contributed by atoms with van der Waals surface area (Å²) < 4.78 is 15.9. The molecule has 2 heterocycles. The molecular formula is C14H26N2O10. The molecule has 152 valence electrons. The van der Waals surface area contributed by atoms with Crippen LogP contribution in [0.15, 0.2) is 0 Å². The van der Waals surface area contributed by atoms with Gasteiger partial charge < -0.3 is 55.9 Å². The van der Waals surface area contributed by atoms with Gasteiger partial charge in [-0.05, 0) is 0 Å². The van der Waals surface area contributed by atoms with E-state index in [4.69, 9.17) is 19.9 Å². The van der Waals surface area contributed by atoms with Crippen LogP contribution in [0.2, 0.25) is 0 Å². The first-order valence-corrected chi connectivity index (χ1v) is 8.14. The van der Waals surface area contributed by atoms with Crippen molar-refractivity contribution in [2.24, 2.45) is 5.73 Å². The highest BCUT2D eigenvalue weighted by molar-refractivity contribution is 5.73. The molecular weight excluding hydrogens is 356 g/mol. The Labute approximate surface area is 149 Å². The number of carbonyl (C=O) groups excluding carboxylic acids is 1. The monoisotopic (exact) mass is 382 g/mol. The van der Waals surface area contributed by atoms with Crippen LogP contribution < -0.4 is 11.1 Å². The van der Waals surface area contributed by atoms with Crippen molar-refractivity contribution in [3.05, 3.63) is 0 Å². The third-order valence-electron chi connectivity index (χ3n) is 4.47. The third kappa shape index (κ3) is 4.31. The fraction of sp³-hybridized carbons (Fsp3) is 0.929. The van der Waals surface area contributed by atoms with E-state index in [0.29, 0.717) is 0 Å². The minimum absolute atomic E-state index is 0.544. The number of aliphatic hydroxyl groups is 6. The Morgan fingerprint density at radius 2 is 1.65 bits per heavy atom. The van der Waals surface area contributed by atoms with Crippen LogP contribution in [0, 0.1) is 0 Å². The molecule has 0 aromatic rings. The predicted octanol–water partition coefficient (Wildman–Crippen LogP) is -5.29. The van der Waals surface area contributed by atoms with Gasteiger partial charge >= 0.3 is 0 Å². The lowest BCUT2D eigenvalue weighted by molar-refractivity contribution is -0.333.